The molecule has 0 aliphatic heterocycles. The molecule has 0 amide bonds. The van der Waals surface area contributed by atoms with E-state index in [-0.39, 0.29) is 5.84 Å². The molecule has 1 rings (SSSR count). The van der Waals surface area contributed by atoms with Crippen molar-refractivity contribution in [2.24, 2.45) is 17.9 Å². The molecule has 0 aliphatic rings. The summed E-state index contributed by atoms with van der Waals surface area (Å²) in [5.74, 6) is 1.02. The Balaban J connectivity index is 2.07. The van der Waals surface area contributed by atoms with Crippen LogP contribution in [0.15, 0.2) is 11.5 Å². The SMILES string of the molecule is Cn1cnc(CNCCCC(N)=NO)n1. The van der Waals surface area contributed by atoms with Gasteiger partial charge in [0.2, 0.25) is 0 Å². The predicted octanol–water partition coefficient (Wildman–Crippen LogP) is -0.569. The summed E-state index contributed by atoms with van der Waals surface area (Å²) in [7, 11) is 1.83. The van der Waals surface area contributed by atoms with Crippen LogP contribution in [0.3, 0.4) is 0 Å². The van der Waals surface area contributed by atoms with Gasteiger partial charge in [0.05, 0.1) is 6.54 Å². The summed E-state index contributed by atoms with van der Waals surface area (Å²) < 4.78 is 1.66. The first-order valence-corrected chi connectivity index (χ1v) is 4.74. The maximum atomic E-state index is 8.29. The zero-order chi connectivity index (χ0) is 11.1. The van der Waals surface area contributed by atoms with Crippen molar-refractivity contribution in [1.29, 1.82) is 0 Å². The molecule has 0 saturated carbocycles. The summed E-state index contributed by atoms with van der Waals surface area (Å²) in [5, 5.41) is 18.5. The summed E-state index contributed by atoms with van der Waals surface area (Å²) in [4.78, 5) is 4.07. The quantitative estimate of drug-likeness (QED) is 0.193. The lowest BCUT2D eigenvalue weighted by Crippen LogP contribution is -2.19. The van der Waals surface area contributed by atoms with Gasteiger partial charge in [-0.15, -0.1) is 0 Å². The molecule has 1 aromatic heterocycles. The van der Waals surface area contributed by atoms with E-state index in [1.807, 2.05) is 7.05 Å². The number of oxime groups is 1. The molecule has 0 aliphatic carbocycles. The summed E-state index contributed by atoms with van der Waals surface area (Å²) in [6.07, 6.45) is 3.06. The van der Waals surface area contributed by atoms with Crippen molar-refractivity contribution in [3.63, 3.8) is 0 Å². The number of hydrogen-bond acceptors (Lipinski definition) is 5. The van der Waals surface area contributed by atoms with Crippen LogP contribution in [0.5, 0.6) is 0 Å². The van der Waals surface area contributed by atoms with Crippen molar-refractivity contribution < 1.29 is 5.21 Å². The monoisotopic (exact) mass is 212 g/mol. The summed E-state index contributed by atoms with van der Waals surface area (Å²) in [6, 6.07) is 0. The normalized spacial score (nSPS) is 11.9. The molecular weight excluding hydrogens is 196 g/mol. The summed E-state index contributed by atoms with van der Waals surface area (Å²) in [6.45, 7) is 1.42. The van der Waals surface area contributed by atoms with Crippen LogP contribution in [-0.4, -0.2) is 32.4 Å². The zero-order valence-corrected chi connectivity index (χ0v) is 8.72. The van der Waals surface area contributed by atoms with Gasteiger partial charge in [0, 0.05) is 13.5 Å². The molecule has 0 radical (unpaired) electrons. The van der Waals surface area contributed by atoms with E-state index >= 15 is 0 Å². The highest BCUT2D eigenvalue weighted by Gasteiger charge is 1.98. The van der Waals surface area contributed by atoms with Gasteiger partial charge in [0.15, 0.2) is 5.82 Å². The first kappa shape index (κ1) is 11.4. The largest absolute Gasteiger partial charge is 0.409 e. The minimum absolute atomic E-state index is 0.257. The van der Waals surface area contributed by atoms with Crippen LogP contribution in [0.1, 0.15) is 18.7 Å². The van der Waals surface area contributed by atoms with Crippen LogP contribution in [0.25, 0.3) is 0 Å². The smallest absolute Gasteiger partial charge is 0.164 e. The Morgan fingerprint density at radius 2 is 2.53 bits per heavy atom. The zero-order valence-electron chi connectivity index (χ0n) is 8.72. The van der Waals surface area contributed by atoms with E-state index in [0.29, 0.717) is 13.0 Å². The van der Waals surface area contributed by atoms with Crippen molar-refractivity contribution in [2.45, 2.75) is 19.4 Å². The summed E-state index contributed by atoms with van der Waals surface area (Å²) in [5.41, 5.74) is 5.31. The predicted molar refractivity (Wildman–Crippen MR) is 55.4 cm³/mol. The van der Waals surface area contributed by atoms with Crippen molar-refractivity contribution >= 4 is 5.84 Å². The fourth-order valence-corrected chi connectivity index (χ4v) is 1.11. The summed E-state index contributed by atoms with van der Waals surface area (Å²) >= 11 is 0. The van der Waals surface area contributed by atoms with Gasteiger partial charge < -0.3 is 16.3 Å². The Bertz CT molecular complexity index is 321. The van der Waals surface area contributed by atoms with E-state index in [4.69, 9.17) is 10.9 Å². The van der Waals surface area contributed by atoms with Crippen LogP contribution < -0.4 is 11.1 Å². The molecule has 7 nitrogen and oxygen atoms in total. The minimum Gasteiger partial charge on any atom is -0.409 e. The van der Waals surface area contributed by atoms with Crippen LogP contribution in [0.4, 0.5) is 0 Å². The number of nitrogens with zero attached hydrogens (tertiary/aromatic N) is 4. The van der Waals surface area contributed by atoms with Crippen LogP contribution in [-0.2, 0) is 13.6 Å². The van der Waals surface area contributed by atoms with E-state index in [1.165, 1.54) is 0 Å². The van der Waals surface area contributed by atoms with Crippen molar-refractivity contribution in [3.05, 3.63) is 12.2 Å². The highest BCUT2D eigenvalue weighted by Crippen LogP contribution is 1.89. The van der Waals surface area contributed by atoms with Crippen LogP contribution in [0, 0.1) is 0 Å². The Morgan fingerprint density at radius 3 is 3.13 bits per heavy atom. The van der Waals surface area contributed by atoms with Gasteiger partial charge in [-0.2, -0.15) is 5.10 Å². The average molecular weight is 212 g/mol. The van der Waals surface area contributed by atoms with Gasteiger partial charge in [0.25, 0.3) is 0 Å². The number of hydrogen-bond donors (Lipinski definition) is 3. The van der Waals surface area contributed by atoms with Crippen LogP contribution >= 0.6 is 0 Å². The maximum Gasteiger partial charge on any atom is 0.164 e. The van der Waals surface area contributed by atoms with Gasteiger partial charge in [-0.05, 0) is 13.0 Å². The molecule has 7 heteroatoms. The molecule has 0 atom stereocenters. The maximum absolute atomic E-state index is 8.29. The average Bonchev–Trinajstić information content (AvgIpc) is 2.63. The fourth-order valence-electron chi connectivity index (χ4n) is 1.11. The molecule has 0 saturated heterocycles. The number of rotatable bonds is 6. The first-order chi connectivity index (χ1) is 7.22. The van der Waals surface area contributed by atoms with Crippen molar-refractivity contribution in [1.82, 2.24) is 20.1 Å². The highest BCUT2D eigenvalue weighted by atomic mass is 16.4. The third kappa shape index (κ3) is 4.41. The van der Waals surface area contributed by atoms with E-state index in [0.717, 1.165) is 18.8 Å². The highest BCUT2D eigenvalue weighted by molar-refractivity contribution is 5.79. The van der Waals surface area contributed by atoms with Gasteiger partial charge in [-0.3, -0.25) is 4.68 Å². The number of aromatic nitrogens is 3. The van der Waals surface area contributed by atoms with E-state index in [1.54, 1.807) is 11.0 Å². The molecule has 1 heterocycles. The number of aryl methyl sites for hydroxylation is 1. The topological polar surface area (TPSA) is 101 Å². The molecule has 1 aromatic rings. The van der Waals surface area contributed by atoms with Gasteiger partial charge in [-0.25, -0.2) is 4.98 Å². The molecule has 0 aromatic carbocycles. The van der Waals surface area contributed by atoms with E-state index in [2.05, 4.69) is 20.6 Å². The Hall–Kier alpha value is -1.63. The molecule has 4 N–H and O–H groups in total. The van der Waals surface area contributed by atoms with Crippen molar-refractivity contribution in [2.75, 3.05) is 6.54 Å². The Labute approximate surface area is 88.0 Å². The molecular formula is C8H16N6O. The Morgan fingerprint density at radius 1 is 1.73 bits per heavy atom. The molecule has 0 fully saturated rings. The molecule has 0 unspecified atom stereocenters. The third-order valence-corrected chi connectivity index (χ3v) is 1.85. The standard InChI is InChI=1S/C8H16N6O/c1-14-6-11-8(12-14)5-10-4-2-3-7(9)13-15/h6,10,15H,2-5H2,1H3,(H2,9,13). The number of nitrogens with one attached hydrogen (secondary N) is 1. The number of amidine groups is 1. The van der Waals surface area contributed by atoms with Gasteiger partial charge in [0.1, 0.15) is 12.2 Å². The molecule has 84 valence electrons. The first-order valence-electron chi connectivity index (χ1n) is 4.74. The lowest BCUT2D eigenvalue weighted by molar-refractivity contribution is 0.316. The van der Waals surface area contributed by atoms with E-state index in [9.17, 15) is 0 Å². The second-order valence-electron chi connectivity index (χ2n) is 3.21. The van der Waals surface area contributed by atoms with Crippen LogP contribution in [0.2, 0.25) is 0 Å². The van der Waals surface area contributed by atoms with E-state index < -0.39 is 0 Å². The third-order valence-electron chi connectivity index (χ3n) is 1.85. The number of nitrogens with two attached hydrogens (primary N) is 1. The lowest BCUT2D eigenvalue weighted by atomic mass is 10.3. The fraction of sp³-hybridized carbons (Fsp3) is 0.625. The van der Waals surface area contributed by atoms with Gasteiger partial charge >= 0.3 is 0 Å². The molecule has 0 spiro atoms. The lowest BCUT2D eigenvalue weighted by Gasteiger charge is -2.00. The Kier molecular flexibility index (Phi) is 4.55. The van der Waals surface area contributed by atoms with Crippen molar-refractivity contribution in [3.8, 4) is 0 Å². The minimum atomic E-state index is 0.257. The second-order valence-corrected chi connectivity index (χ2v) is 3.21. The molecule has 0 bridgehead atoms. The second kappa shape index (κ2) is 5.97. The molecule has 15 heavy (non-hydrogen) atoms. The van der Waals surface area contributed by atoms with Gasteiger partial charge in [-0.1, -0.05) is 5.16 Å².